The quantitative estimate of drug-likeness (QED) is 0.0200. The fraction of sp³-hybridized carbons (Fsp3) is 0.925. The Hall–Kier alpha value is -1.73. The Bertz CT molecular complexity index is 1660. The summed E-state index contributed by atoms with van der Waals surface area (Å²) in [5.74, 6) is -0.282. The van der Waals surface area contributed by atoms with Gasteiger partial charge in [0.2, 0.25) is 5.91 Å². The van der Waals surface area contributed by atoms with Gasteiger partial charge in [0.1, 0.15) is 73.2 Å². The van der Waals surface area contributed by atoms with Crippen LogP contribution in [-0.4, -0.2) is 193 Å². The van der Waals surface area contributed by atoms with Crippen molar-refractivity contribution in [3.63, 3.8) is 0 Å². The molecule has 0 spiro atoms. The highest BCUT2D eigenvalue weighted by Crippen LogP contribution is 2.33. The highest BCUT2D eigenvalue weighted by molar-refractivity contribution is 5.76. The largest absolute Gasteiger partial charge is 0.394 e. The highest BCUT2D eigenvalue weighted by atomic mass is 16.8. The van der Waals surface area contributed by atoms with Crippen molar-refractivity contribution in [1.82, 2.24) is 5.32 Å². The van der Waals surface area contributed by atoms with Gasteiger partial charge < -0.3 is 89.9 Å². The van der Waals surface area contributed by atoms with Crippen LogP contribution in [0.15, 0.2) is 24.3 Å². The zero-order valence-corrected chi connectivity index (χ0v) is 53.3. The summed E-state index contributed by atoms with van der Waals surface area (Å²) in [5.41, 5.74) is 0. The van der Waals surface area contributed by atoms with Gasteiger partial charge in [-0.1, -0.05) is 250 Å². The molecule has 86 heavy (non-hydrogen) atoms. The molecule has 3 fully saturated rings. The van der Waals surface area contributed by atoms with E-state index < -0.39 is 124 Å². The minimum atomic E-state index is -1.98. The van der Waals surface area contributed by atoms with Gasteiger partial charge in [-0.2, -0.15) is 0 Å². The van der Waals surface area contributed by atoms with Crippen molar-refractivity contribution in [3.05, 3.63) is 24.3 Å². The Morgan fingerprint density at radius 2 is 0.744 bits per heavy atom. The summed E-state index contributed by atoms with van der Waals surface area (Å²) < 4.78 is 34.3. The molecule has 0 aromatic heterocycles. The van der Waals surface area contributed by atoms with Crippen molar-refractivity contribution in [2.45, 2.75) is 369 Å². The van der Waals surface area contributed by atoms with E-state index in [2.05, 4.69) is 31.3 Å². The zero-order valence-electron chi connectivity index (χ0n) is 53.3. The monoisotopic (exact) mass is 1230 g/mol. The molecule has 3 rings (SSSR count). The van der Waals surface area contributed by atoms with Crippen LogP contribution in [0.4, 0.5) is 0 Å². The summed E-state index contributed by atoms with van der Waals surface area (Å²) in [5, 5.41) is 120. The average molecular weight is 1230 g/mol. The maximum atomic E-state index is 13.4. The number of aliphatic hydroxyl groups excluding tert-OH is 11. The molecule has 3 heterocycles. The predicted octanol–water partition coefficient (Wildman–Crippen LogP) is 8.66. The maximum Gasteiger partial charge on any atom is 0.220 e. The topological polar surface area (TPSA) is 307 Å². The van der Waals surface area contributed by atoms with E-state index in [1.165, 1.54) is 193 Å². The molecule has 1 amide bonds. The number of hydrogen-bond donors (Lipinski definition) is 12. The lowest BCUT2D eigenvalue weighted by Gasteiger charge is -2.48. The van der Waals surface area contributed by atoms with Gasteiger partial charge in [0, 0.05) is 6.42 Å². The molecular formula is C67H125NO18. The van der Waals surface area contributed by atoms with Crippen LogP contribution < -0.4 is 5.32 Å². The first-order valence-electron chi connectivity index (χ1n) is 34.6. The van der Waals surface area contributed by atoms with Gasteiger partial charge in [-0.15, -0.1) is 0 Å². The van der Waals surface area contributed by atoms with Gasteiger partial charge in [0.15, 0.2) is 18.9 Å². The van der Waals surface area contributed by atoms with E-state index in [9.17, 15) is 61.0 Å². The van der Waals surface area contributed by atoms with Gasteiger partial charge in [-0.25, -0.2) is 0 Å². The van der Waals surface area contributed by atoms with Crippen LogP contribution in [0.3, 0.4) is 0 Å². The number of ether oxygens (including phenoxy) is 6. The van der Waals surface area contributed by atoms with Crippen LogP contribution in [0.2, 0.25) is 0 Å². The van der Waals surface area contributed by atoms with Crippen LogP contribution in [-0.2, 0) is 33.2 Å². The van der Waals surface area contributed by atoms with Gasteiger partial charge in [-0.3, -0.25) is 4.79 Å². The SMILES string of the molecule is CCCCCCCCCCCCCCCCCCCCCCC/C=C/CC/C=C/C(O)C(COC1OC(CO)C(OC2OC(CO)C(OC3OC(CO)C(O)C(O)C3O)C(O)C2O)C(O)C1O)NC(=O)CCCCCCCCCCCCCCCC. The number of hydrogen-bond acceptors (Lipinski definition) is 18. The molecule has 19 nitrogen and oxygen atoms in total. The van der Waals surface area contributed by atoms with Crippen LogP contribution in [0.1, 0.15) is 264 Å². The smallest absolute Gasteiger partial charge is 0.220 e. The molecule has 0 radical (unpaired) electrons. The Morgan fingerprint density at radius 3 is 1.16 bits per heavy atom. The van der Waals surface area contributed by atoms with Crippen molar-refractivity contribution in [2.24, 2.45) is 0 Å². The van der Waals surface area contributed by atoms with Gasteiger partial charge in [0.05, 0.1) is 38.6 Å². The van der Waals surface area contributed by atoms with Crippen LogP contribution in [0.25, 0.3) is 0 Å². The molecule has 0 aromatic carbocycles. The molecule has 3 saturated heterocycles. The van der Waals surface area contributed by atoms with Crippen LogP contribution >= 0.6 is 0 Å². The number of allylic oxidation sites excluding steroid dienone is 3. The number of rotatable bonds is 53. The van der Waals surface area contributed by atoms with Crippen molar-refractivity contribution in [1.29, 1.82) is 0 Å². The molecule has 506 valence electrons. The van der Waals surface area contributed by atoms with Crippen LogP contribution in [0.5, 0.6) is 0 Å². The number of amides is 1. The summed E-state index contributed by atoms with van der Waals surface area (Å²) in [6.07, 6.45) is 28.9. The number of nitrogens with one attached hydrogen (secondary N) is 1. The fourth-order valence-electron chi connectivity index (χ4n) is 11.9. The summed E-state index contributed by atoms with van der Waals surface area (Å²) in [6, 6.07) is -0.986. The zero-order chi connectivity index (χ0) is 62.6. The first kappa shape index (κ1) is 78.5. The Kier molecular flexibility index (Phi) is 45.6. The molecular weight excluding hydrogens is 1110 g/mol. The molecule has 3 aliphatic rings. The fourth-order valence-corrected chi connectivity index (χ4v) is 11.9. The molecule has 17 atom stereocenters. The standard InChI is InChI=1S/C67H125NO18/c1-3-5-7-9-11-13-15-17-19-20-21-22-23-24-25-26-27-28-29-30-31-32-34-36-38-40-42-44-51(72)50(68-55(73)45-43-41-39-37-35-33-18-16-14-12-10-8-6-4-2)49-81-65-61(79)58(76)63(53(47-70)83-65)86-67-62(80)59(77)64(54(48-71)84-67)85-66-60(78)57(75)56(74)52(46-69)82-66/h34,36,42,44,50-54,56-67,69-72,74-80H,3-33,35,37-41,43,45-49H2,1-2H3,(H,68,73)/b36-34+,44-42+. The summed E-state index contributed by atoms with van der Waals surface area (Å²) in [6.45, 7) is 1.73. The summed E-state index contributed by atoms with van der Waals surface area (Å²) in [7, 11) is 0. The molecule has 19 heteroatoms. The van der Waals surface area contributed by atoms with E-state index in [-0.39, 0.29) is 18.9 Å². The molecule has 0 bridgehead atoms. The number of carbonyl (C=O) groups is 1. The number of aliphatic hydroxyl groups is 11. The Morgan fingerprint density at radius 1 is 0.407 bits per heavy atom. The van der Waals surface area contributed by atoms with E-state index in [0.29, 0.717) is 12.8 Å². The molecule has 12 N–H and O–H groups in total. The van der Waals surface area contributed by atoms with E-state index in [4.69, 9.17) is 28.4 Å². The number of carbonyl (C=O) groups excluding carboxylic acids is 1. The van der Waals surface area contributed by atoms with E-state index in [0.717, 1.165) is 38.5 Å². The minimum absolute atomic E-state index is 0.240. The van der Waals surface area contributed by atoms with Crippen molar-refractivity contribution in [2.75, 3.05) is 26.4 Å². The van der Waals surface area contributed by atoms with E-state index >= 15 is 0 Å². The lowest BCUT2D eigenvalue weighted by atomic mass is 9.96. The average Bonchev–Trinajstić information content (AvgIpc) is 2.32. The molecule has 0 saturated carbocycles. The highest BCUT2D eigenvalue weighted by Gasteiger charge is 2.53. The first-order chi connectivity index (χ1) is 41.8. The second-order valence-corrected chi connectivity index (χ2v) is 25.0. The second-order valence-electron chi connectivity index (χ2n) is 25.0. The summed E-state index contributed by atoms with van der Waals surface area (Å²) >= 11 is 0. The van der Waals surface area contributed by atoms with Gasteiger partial charge >= 0.3 is 0 Å². The molecule has 0 aliphatic carbocycles. The van der Waals surface area contributed by atoms with E-state index in [1.54, 1.807) is 6.08 Å². The van der Waals surface area contributed by atoms with Crippen molar-refractivity contribution in [3.8, 4) is 0 Å². The Balaban J connectivity index is 1.43. The molecule has 0 aromatic rings. The third-order valence-electron chi connectivity index (χ3n) is 17.5. The molecule has 17 unspecified atom stereocenters. The second kappa shape index (κ2) is 49.9. The normalized spacial score (nSPS) is 28.9. The van der Waals surface area contributed by atoms with Crippen molar-refractivity contribution < 1.29 is 89.4 Å². The maximum absolute atomic E-state index is 13.4. The molecule has 3 aliphatic heterocycles. The van der Waals surface area contributed by atoms with E-state index in [1.807, 2.05) is 6.08 Å². The lowest BCUT2D eigenvalue weighted by molar-refractivity contribution is -0.379. The third-order valence-corrected chi connectivity index (χ3v) is 17.5. The van der Waals surface area contributed by atoms with Crippen molar-refractivity contribution >= 4 is 5.91 Å². The van der Waals surface area contributed by atoms with Gasteiger partial charge in [0.25, 0.3) is 0 Å². The Labute approximate surface area is 518 Å². The summed E-state index contributed by atoms with van der Waals surface area (Å²) in [4.78, 5) is 13.4. The lowest BCUT2D eigenvalue weighted by Crippen LogP contribution is -2.66. The van der Waals surface area contributed by atoms with Crippen LogP contribution in [0, 0.1) is 0 Å². The number of unbranched alkanes of at least 4 members (excludes halogenated alkanes) is 35. The third kappa shape index (κ3) is 32.0. The minimum Gasteiger partial charge on any atom is -0.394 e. The first-order valence-corrected chi connectivity index (χ1v) is 34.6. The van der Waals surface area contributed by atoms with Gasteiger partial charge in [-0.05, 0) is 32.1 Å². The predicted molar refractivity (Wildman–Crippen MR) is 333 cm³/mol.